The Kier molecular flexibility index (Phi) is 18.4. The summed E-state index contributed by atoms with van der Waals surface area (Å²) in [6.07, 6.45) is -6.85. The number of Topliss-reactive ketones (excluding diaryl/α,β-unsaturated/α-hetero) is 1. The highest BCUT2D eigenvalue weighted by Gasteiger charge is 2.55. The van der Waals surface area contributed by atoms with Gasteiger partial charge in [-0.05, 0) is 87.5 Å². The van der Waals surface area contributed by atoms with Gasteiger partial charge in [-0.15, -0.1) is 0 Å². The van der Waals surface area contributed by atoms with E-state index in [1.807, 2.05) is 60.0 Å². The van der Waals surface area contributed by atoms with Gasteiger partial charge in [-0.3, -0.25) is 19.3 Å². The van der Waals surface area contributed by atoms with Gasteiger partial charge in [0.25, 0.3) is 0 Å². The van der Waals surface area contributed by atoms with E-state index in [4.69, 9.17) is 37.9 Å². The van der Waals surface area contributed by atoms with E-state index in [1.165, 1.54) is 26.5 Å². The van der Waals surface area contributed by atoms with Gasteiger partial charge in [0.05, 0.1) is 48.1 Å². The summed E-state index contributed by atoms with van der Waals surface area (Å²) in [6.45, 7) is 19.7. The number of aliphatic hydroxyl groups excluding tert-OH is 1. The van der Waals surface area contributed by atoms with E-state index in [2.05, 4.69) is 29.0 Å². The van der Waals surface area contributed by atoms with Crippen molar-refractivity contribution in [2.75, 3.05) is 35.4 Å². The molecule has 0 bridgehead atoms. The second-order valence-electron chi connectivity index (χ2n) is 19.6. The largest absolute Gasteiger partial charge is 0.459 e. The molecule has 0 amide bonds. The topological polar surface area (TPSA) is 172 Å². The van der Waals surface area contributed by atoms with Gasteiger partial charge in [-0.1, -0.05) is 58.0 Å². The van der Waals surface area contributed by atoms with Crippen molar-refractivity contribution in [3.63, 3.8) is 0 Å². The first kappa shape index (κ1) is 53.0. The molecule has 0 aliphatic carbocycles. The molecule has 3 saturated heterocycles. The summed E-state index contributed by atoms with van der Waals surface area (Å²) in [7, 11) is 9.23. The zero-order valence-electron chi connectivity index (χ0n) is 40.9. The molecule has 3 heterocycles. The molecule has 0 spiro atoms. The summed E-state index contributed by atoms with van der Waals surface area (Å²) in [4.78, 5) is 45.5. The summed E-state index contributed by atoms with van der Waals surface area (Å²) in [5, 5.41) is 23.5. The van der Waals surface area contributed by atoms with Gasteiger partial charge in [-0.2, -0.15) is 0 Å². The lowest BCUT2D eigenvalue weighted by Crippen LogP contribution is -2.64. The number of hydrogen-bond acceptors (Lipinski definition) is 15. The van der Waals surface area contributed by atoms with E-state index >= 15 is 0 Å². The molecule has 2 N–H and O–H groups in total. The summed E-state index contributed by atoms with van der Waals surface area (Å²) in [6, 6.07) is 10.0. The fourth-order valence-corrected chi connectivity index (χ4v) is 10.5. The van der Waals surface area contributed by atoms with Gasteiger partial charge in [0, 0.05) is 57.9 Å². The number of hydrogen-bond donors (Lipinski definition) is 2. The molecule has 63 heavy (non-hydrogen) atoms. The van der Waals surface area contributed by atoms with Gasteiger partial charge >= 0.3 is 11.9 Å². The van der Waals surface area contributed by atoms with Crippen molar-refractivity contribution >= 4 is 17.7 Å². The lowest BCUT2D eigenvalue weighted by atomic mass is 9.73. The monoisotopic (exact) mass is 893 g/mol. The van der Waals surface area contributed by atoms with Gasteiger partial charge in [0.2, 0.25) is 0 Å². The number of likely N-dealkylation sites (N-methyl/N-ethyl adjacent to an activating group) is 2. The Bertz CT molecular complexity index is 1650. The fourth-order valence-electron chi connectivity index (χ4n) is 10.5. The molecule has 1 aromatic carbocycles. The van der Waals surface area contributed by atoms with Gasteiger partial charge < -0.3 is 53.0 Å². The maximum absolute atomic E-state index is 14.6. The first-order chi connectivity index (χ1) is 29.3. The quantitative estimate of drug-likeness (QED) is 0.264. The average molecular weight is 893 g/mol. The minimum absolute atomic E-state index is 0.00635. The van der Waals surface area contributed by atoms with Crippen LogP contribution in [0, 0.1) is 23.7 Å². The molecule has 3 aliphatic rings. The van der Waals surface area contributed by atoms with Crippen LogP contribution in [0.5, 0.6) is 0 Å². The predicted octanol–water partition coefficient (Wildman–Crippen LogP) is 5.15. The van der Waals surface area contributed by atoms with Crippen LogP contribution in [0.15, 0.2) is 30.3 Å². The Hall–Kier alpha value is -2.57. The van der Waals surface area contributed by atoms with Crippen LogP contribution in [-0.4, -0.2) is 157 Å². The number of methoxy groups -OCH3 is 2. The molecule has 360 valence electrons. The van der Waals surface area contributed by atoms with Crippen LogP contribution in [0.1, 0.15) is 107 Å². The molecule has 4 rings (SSSR count). The summed E-state index contributed by atoms with van der Waals surface area (Å²) in [5.41, 5.74) is -3.05. The molecule has 0 unspecified atom stereocenters. The third kappa shape index (κ3) is 12.1. The first-order valence-electron chi connectivity index (χ1n) is 22.8. The SMILES string of the molecule is CC[C@H]1OC(=O)[C@H](C)[C@@H](O[C@H]2C[C@@](C)(OC)[C@@H](OC(C)=O)[C@H](C)O2)[C@H](C)[C@@H](O[C@@H]2O[C@H](C)C[C@@H](N(C)Cc3ccccc3)[C@@H]2N(C)C)[C@@](C)(OC)C[C@@H](C)C(=O)[C@H](C)[C@@H](O)[C@]1(C)O. The third-order valence-electron chi connectivity index (χ3n) is 14.3. The highest BCUT2D eigenvalue weighted by atomic mass is 16.7. The number of benzene rings is 1. The Morgan fingerprint density at radius 3 is 2.03 bits per heavy atom. The van der Waals surface area contributed by atoms with E-state index in [-0.39, 0.29) is 43.2 Å². The third-order valence-corrected chi connectivity index (χ3v) is 14.3. The second-order valence-corrected chi connectivity index (χ2v) is 19.6. The smallest absolute Gasteiger partial charge is 0.311 e. The molecule has 0 radical (unpaired) electrons. The molecule has 18 atom stereocenters. The van der Waals surface area contributed by atoms with Crippen molar-refractivity contribution in [1.82, 2.24) is 9.80 Å². The van der Waals surface area contributed by atoms with E-state index in [9.17, 15) is 24.6 Å². The van der Waals surface area contributed by atoms with Crippen molar-refractivity contribution in [3.8, 4) is 0 Å². The van der Waals surface area contributed by atoms with E-state index in [0.29, 0.717) is 6.54 Å². The number of ether oxygens (including phenoxy) is 8. The number of aliphatic hydroxyl groups is 2. The molecule has 3 fully saturated rings. The molecule has 15 heteroatoms. The van der Waals surface area contributed by atoms with Crippen LogP contribution in [0.3, 0.4) is 0 Å². The fraction of sp³-hybridized carbons (Fsp3) is 0.812. The van der Waals surface area contributed by atoms with Crippen molar-refractivity contribution < 1.29 is 62.5 Å². The minimum Gasteiger partial charge on any atom is -0.459 e. The Balaban J connectivity index is 1.88. The van der Waals surface area contributed by atoms with Gasteiger partial charge in [0.15, 0.2) is 18.7 Å². The van der Waals surface area contributed by atoms with Crippen molar-refractivity contribution in [2.45, 2.75) is 193 Å². The lowest BCUT2D eigenvalue weighted by molar-refractivity contribution is -0.315. The number of carbonyl (C=O) groups excluding carboxylic acids is 3. The molecule has 0 aromatic heterocycles. The highest BCUT2D eigenvalue weighted by molar-refractivity contribution is 5.83. The maximum atomic E-state index is 14.6. The molecular weight excluding hydrogens is 813 g/mol. The second kappa shape index (κ2) is 21.8. The zero-order chi connectivity index (χ0) is 47.4. The first-order valence-corrected chi connectivity index (χ1v) is 22.8. The molecular formula is C48H80N2O13. The standard InChI is InChI=1S/C48H80N2O13/c1-17-36-48(11,55)41(53)29(4)39(52)27(2)24-46(9,56-15)42(63-45-38(49(12)13)35(23-28(3)58-45)50(14)26-34-21-19-18-20-22-34)30(5)40(31(6)44(54)61-36)62-37-25-47(10,57-16)43(32(7)59-37)60-33(8)51/h18-22,27-32,35-38,40-43,45,53,55H,17,23-26H2,1-16H3/t27-,28-,29+,30+,31-,32+,35-,36-,37+,38+,40+,41-,42-,43+,45+,46+,47-,48-/m1/s1. The van der Waals surface area contributed by atoms with Crippen LogP contribution in [0.2, 0.25) is 0 Å². The van der Waals surface area contributed by atoms with Crippen molar-refractivity contribution in [3.05, 3.63) is 35.9 Å². The van der Waals surface area contributed by atoms with Crippen molar-refractivity contribution in [1.29, 1.82) is 0 Å². The number of nitrogens with zero attached hydrogens (tertiary/aromatic N) is 2. The van der Waals surface area contributed by atoms with Gasteiger partial charge in [0.1, 0.15) is 23.1 Å². The average Bonchev–Trinajstić information content (AvgIpc) is 3.23. The highest BCUT2D eigenvalue weighted by Crippen LogP contribution is 2.42. The molecule has 15 nitrogen and oxygen atoms in total. The Morgan fingerprint density at radius 2 is 1.48 bits per heavy atom. The minimum atomic E-state index is -1.98. The van der Waals surface area contributed by atoms with Crippen molar-refractivity contribution in [2.24, 2.45) is 23.7 Å². The van der Waals surface area contributed by atoms with Crippen LogP contribution in [0.25, 0.3) is 0 Å². The number of rotatable bonds is 12. The van der Waals surface area contributed by atoms with E-state index in [0.717, 1.165) is 6.42 Å². The van der Waals surface area contributed by atoms with Crippen LogP contribution < -0.4 is 0 Å². The van der Waals surface area contributed by atoms with Gasteiger partial charge in [-0.25, -0.2) is 0 Å². The summed E-state index contributed by atoms with van der Waals surface area (Å²) in [5.74, 6) is -4.86. The Morgan fingerprint density at radius 1 is 0.873 bits per heavy atom. The van der Waals surface area contributed by atoms with Crippen LogP contribution in [0.4, 0.5) is 0 Å². The van der Waals surface area contributed by atoms with E-state index in [1.54, 1.807) is 41.7 Å². The van der Waals surface area contributed by atoms with Crippen LogP contribution in [-0.2, 0) is 58.8 Å². The summed E-state index contributed by atoms with van der Waals surface area (Å²) >= 11 is 0. The maximum Gasteiger partial charge on any atom is 0.311 e. The lowest BCUT2D eigenvalue weighted by Gasteiger charge is -2.52. The number of esters is 2. The Labute approximate surface area is 376 Å². The predicted molar refractivity (Wildman–Crippen MR) is 236 cm³/mol. The molecule has 3 aliphatic heterocycles. The number of carbonyl (C=O) groups is 3. The molecule has 1 aromatic rings. The number of ketones is 1. The normalized spacial score (nSPS) is 42.4. The number of cyclic esters (lactones) is 1. The molecule has 0 saturated carbocycles. The van der Waals surface area contributed by atoms with E-state index < -0.39 is 102 Å². The zero-order valence-corrected chi connectivity index (χ0v) is 40.9. The summed E-state index contributed by atoms with van der Waals surface area (Å²) < 4.78 is 51.8. The van der Waals surface area contributed by atoms with Crippen LogP contribution >= 0.6 is 0 Å².